The van der Waals surface area contributed by atoms with Crippen molar-refractivity contribution in [3.63, 3.8) is 0 Å². The van der Waals surface area contributed by atoms with Gasteiger partial charge < -0.3 is 35.1 Å². The molecular formula is C29H29FN6O5. The summed E-state index contributed by atoms with van der Waals surface area (Å²) in [7, 11) is 2.97. The molecule has 3 heterocycles. The zero-order valence-electron chi connectivity index (χ0n) is 22.5. The maximum atomic E-state index is 14.8. The highest BCUT2D eigenvalue weighted by molar-refractivity contribution is 5.99. The SMILES string of the molecule is CNC(=O)c1ccc(-c2c[nH]c3nc(Nc4ccc(C(=O)NC5COC5)cc4OC)nc(OC4CCC4)c23)cc1F. The van der Waals surface area contributed by atoms with Crippen LogP contribution in [-0.4, -0.2) is 66.3 Å². The molecule has 212 valence electrons. The van der Waals surface area contributed by atoms with Crippen molar-refractivity contribution in [2.45, 2.75) is 31.4 Å². The number of rotatable bonds is 9. The average Bonchev–Trinajstić information content (AvgIpc) is 3.36. The number of nitrogens with zero attached hydrogens (tertiary/aromatic N) is 2. The van der Waals surface area contributed by atoms with E-state index in [-0.39, 0.29) is 29.6 Å². The number of anilines is 2. The number of methoxy groups -OCH3 is 1. The summed E-state index contributed by atoms with van der Waals surface area (Å²) in [6.45, 7) is 1.01. The number of hydrogen-bond acceptors (Lipinski definition) is 8. The lowest BCUT2D eigenvalue weighted by molar-refractivity contribution is -0.00346. The van der Waals surface area contributed by atoms with Crippen molar-refractivity contribution in [2.75, 3.05) is 32.7 Å². The normalized spacial score (nSPS) is 15.1. The van der Waals surface area contributed by atoms with E-state index < -0.39 is 11.7 Å². The molecule has 12 heteroatoms. The summed E-state index contributed by atoms with van der Waals surface area (Å²) in [5.41, 5.74) is 2.65. The van der Waals surface area contributed by atoms with Crippen LogP contribution < -0.4 is 25.4 Å². The van der Waals surface area contributed by atoms with Crippen LogP contribution in [0.15, 0.2) is 42.6 Å². The van der Waals surface area contributed by atoms with Gasteiger partial charge in [0.05, 0.1) is 43.0 Å². The number of fused-ring (bicyclic) bond motifs is 1. The van der Waals surface area contributed by atoms with Gasteiger partial charge in [0.2, 0.25) is 11.8 Å². The van der Waals surface area contributed by atoms with Gasteiger partial charge in [0.1, 0.15) is 23.3 Å². The molecule has 0 spiro atoms. The van der Waals surface area contributed by atoms with Crippen LogP contribution in [0.3, 0.4) is 0 Å². The highest BCUT2D eigenvalue weighted by atomic mass is 19.1. The van der Waals surface area contributed by atoms with Crippen LogP contribution in [0.25, 0.3) is 22.2 Å². The quantitative estimate of drug-likeness (QED) is 0.242. The van der Waals surface area contributed by atoms with Gasteiger partial charge in [0, 0.05) is 24.4 Å². The zero-order chi connectivity index (χ0) is 28.5. The largest absolute Gasteiger partial charge is 0.495 e. The van der Waals surface area contributed by atoms with Crippen LogP contribution in [0.4, 0.5) is 16.0 Å². The van der Waals surface area contributed by atoms with Crippen LogP contribution in [0.2, 0.25) is 0 Å². The van der Waals surface area contributed by atoms with Crippen LogP contribution in [0.5, 0.6) is 11.6 Å². The van der Waals surface area contributed by atoms with Crippen molar-refractivity contribution in [3.8, 4) is 22.8 Å². The molecule has 1 saturated heterocycles. The highest BCUT2D eigenvalue weighted by Gasteiger charge is 2.25. The van der Waals surface area contributed by atoms with Gasteiger partial charge >= 0.3 is 0 Å². The van der Waals surface area contributed by atoms with E-state index in [1.807, 2.05) is 0 Å². The van der Waals surface area contributed by atoms with Crippen LogP contribution >= 0.6 is 0 Å². The van der Waals surface area contributed by atoms with Crippen LogP contribution in [0, 0.1) is 5.82 Å². The number of carbonyl (C=O) groups is 2. The molecule has 11 nitrogen and oxygen atoms in total. The van der Waals surface area contributed by atoms with E-state index >= 15 is 0 Å². The molecule has 6 rings (SSSR count). The van der Waals surface area contributed by atoms with E-state index in [9.17, 15) is 14.0 Å². The van der Waals surface area contributed by atoms with E-state index in [2.05, 4.69) is 30.9 Å². The fraction of sp³-hybridized carbons (Fsp3) is 0.310. The number of hydrogen-bond donors (Lipinski definition) is 4. The van der Waals surface area contributed by atoms with Crippen molar-refractivity contribution in [3.05, 3.63) is 59.5 Å². The van der Waals surface area contributed by atoms with Gasteiger partial charge in [-0.2, -0.15) is 9.97 Å². The second-order valence-corrected chi connectivity index (χ2v) is 9.97. The first-order valence-electron chi connectivity index (χ1n) is 13.3. The third-order valence-electron chi connectivity index (χ3n) is 7.26. The van der Waals surface area contributed by atoms with Crippen molar-refractivity contribution in [1.82, 2.24) is 25.6 Å². The van der Waals surface area contributed by atoms with E-state index in [0.717, 1.165) is 19.3 Å². The summed E-state index contributed by atoms with van der Waals surface area (Å²) in [6, 6.07) is 9.50. The Morgan fingerprint density at radius 1 is 1.10 bits per heavy atom. The van der Waals surface area contributed by atoms with E-state index in [1.165, 1.54) is 26.3 Å². The molecule has 1 aliphatic heterocycles. The van der Waals surface area contributed by atoms with Crippen molar-refractivity contribution in [2.24, 2.45) is 0 Å². The van der Waals surface area contributed by atoms with Gasteiger partial charge in [-0.15, -0.1) is 0 Å². The zero-order valence-corrected chi connectivity index (χ0v) is 22.5. The average molecular weight is 561 g/mol. The minimum Gasteiger partial charge on any atom is -0.495 e. The van der Waals surface area contributed by atoms with Crippen LogP contribution in [0.1, 0.15) is 40.0 Å². The number of benzene rings is 2. The first-order valence-corrected chi connectivity index (χ1v) is 13.3. The molecule has 4 N–H and O–H groups in total. The molecule has 4 aromatic rings. The van der Waals surface area contributed by atoms with Gasteiger partial charge in [0.25, 0.3) is 11.8 Å². The molecule has 2 aromatic carbocycles. The third kappa shape index (κ3) is 5.25. The Kier molecular flexibility index (Phi) is 7.14. The molecule has 2 aliphatic rings. The van der Waals surface area contributed by atoms with Gasteiger partial charge in [-0.25, -0.2) is 4.39 Å². The van der Waals surface area contributed by atoms with Crippen molar-refractivity contribution in [1.29, 1.82) is 0 Å². The fourth-order valence-corrected chi connectivity index (χ4v) is 4.66. The second kappa shape index (κ2) is 11.0. The number of nitrogens with one attached hydrogen (secondary N) is 4. The highest BCUT2D eigenvalue weighted by Crippen LogP contribution is 2.38. The van der Waals surface area contributed by atoms with Gasteiger partial charge in [-0.3, -0.25) is 9.59 Å². The molecule has 2 fully saturated rings. The Morgan fingerprint density at radius 3 is 2.59 bits per heavy atom. The Morgan fingerprint density at radius 2 is 1.93 bits per heavy atom. The summed E-state index contributed by atoms with van der Waals surface area (Å²) in [5, 5.41) is 9.13. The molecule has 0 bridgehead atoms. The maximum Gasteiger partial charge on any atom is 0.253 e. The predicted octanol–water partition coefficient (Wildman–Crippen LogP) is 3.94. The number of amides is 2. The lowest BCUT2D eigenvalue weighted by atomic mass is 9.96. The smallest absolute Gasteiger partial charge is 0.253 e. The summed E-state index contributed by atoms with van der Waals surface area (Å²) in [4.78, 5) is 37.0. The summed E-state index contributed by atoms with van der Waals surface area (Å²) < 4.78 is 31.7. The van der Waals surface area contributed by atoms with Gasteiger partial charge in [-0.1, -0.05) is 6.07 Å². The molecule has 2 amide bonds. The summed E-state index contributed by atoms with van der Waals surface area (Å²) in [6.07, 6.45) is 4.62. The Labute approximate surface area is 234 Å². The maximum absolute atomic E-state index is 14.8. The Balaban J connectivity index is 1.33. The lowest BCUT2D eigenvalue weighted by Crippen LogP contribution is -2.48. The van der Waals surface area contributed by atoms with E-state index in [0.29, 0.717) is 58.3 Å². The van der Waals surface area contributed by atoms with E-state index in [1.54, 1.807) is 30.5 Å². The first-order chi connectivity index (χ1) is 19.9. The Bertz CT molecular complexity index is 1630. The second-order valence-electron chi connectivity index (χ2n) is 9.97. The predicted molar refractivity (Wildman–Crippen MR) is 149 cm³/mol. The lowest BCUT2D eigenvalue weighted by Gasteiger charge is -2.27. The molecule has 1 aliphatic carbocycles. The number of H-pyrrole nitrogens is 1. The summed E-state index contributed by atoms with van der Waals surface area (Å²) >= 11 is 0. The number of ether oxygens (including phenoxy) is 3. The van der Waals surface area contributed by atoms with Crippen molar-refractivity contribution >= 4 is 34.5 Å². The molecule has 0 radical (unpaired) electrons. The molecule has 41 heavy (non-hydrogen) atoms. The first kappa shape index (κ1) is 26.5. The molecule has 2 aromatic heterocycles. The number of aromatic amines is 1. The minimum atomic E-state index is -0.637. The van der Waals surface area contributed by atoms with Gasteiger partial charge in [-0.05, 0) is 55.2 Å². The monoisotopic (exact) mass is 560 g/mol. The number of halogens is 1. The molecular weight excluding hydrogens is 531 g/mol. The molecule has 1 saturated carbocycles. The Hall–Kier alpha value is -4.71. The van der Waals surface area contributed by atoms with Crippen LogP contribution in [-0.2, 0) is 4.74 Å². The minimum absolute atomic E-state index is 0.0106. The number of carbonyl (C=O) groups excluding carboxylic acids is 2. The fourth-order valence-electron chi connectivity index (χ4n) is 4.66. The van der Waals surface area contributed by atoms with E-state index in [4.69, 9.17) is 14.2 Å². The number of aromatic nitrogens is 3. The standard InChI is InChI=1S/C29H29FN6O5/c1-31-27(38)19-8-6-15(10-21(19)30)20-12-32-25-24(20)28(41-18-4-3-5-18)36-29(35-25)34-22-9-7-16(11-23(22)39-2)26(37)33-17-13-40-14-17/h6-12,17-18H,3-5,13-14H2,1-2H3,(H,31,38)(H,33,37)(H2,32,34,35,36). The summed E-state index contributed by atoms with van der Waals surface area (Å²) in [5.74, 6) is -0.308. The third-order valence-corrected chi connectivity index (χ3v) is 7.26. The van der Waals surface area contributed by atoms with Crippen molar-refractivity contribution < 1.29 is 28.2 Å². The topological polar surface area (TPSA) is 139 Å². The molecule has 0 atom stereocenters. The van der Waals surface area contributed by atoms with Gasteiger partial charge in [0.15, 0.2) is 0 Å². The molecule has 0 unspecified atom stereocenters.